The summed E-state index contributed by atoms with van der Waals surface area (Å²) in [5, 5.41) is 0. The van der Waals surface area contributed by atoms with Crippen LogP contribution >= 0.6 is 0 Å². The highest BCUT2D eigenvalue weighted by molar-refractivity contribution is 5.96. The Kier molecular flexibility index (Phi) is 4.94. The number of hydrogen-bond acceptors (Lipinski definition) is 2. The fraction of sp³-hybridized carbons (Fsp3) is 0.300. The molecule has 1 heterocycles. The summed E-state index contributed by atoms with van der Waals surface area (Å²) in [6.07, 6.45) is 0.746. The molecule has 0 aromatic heterocycles. The van der Waals surface area contributed by atoms with Gasteiger partial charge in [0, 0.05) is 38.7 Å². The largest absolute Gasteiger partial charge is 0.339 e. The van der Waals surface area contributed by atoms with Crippen LogP contribution in [0.25, 0.3) is 0 Å². The van der Waals surface area contributed by atoms with Crippen molar-refractivity contribution < 1.29 is 9.59 Å². The summed E-state index contributed by atoms with van der Waals surface area (Å²) < 4.78 is 0. The molecule has 4 heteroatoms. The summed E-state index contributed by atoms with van der Waals surface area (Å²) in [5.74, 6) is 0.135. The lowest BCUT2D eigenvalue weighted by Crippen LogP contribution is -2.50. The monoisotopic (exact) mass is 322 g/mol. The van der Waals surface area contributed by atoms with Gasteiger partial charge in [0.25, 0.3) is 5.91 Å². The van der Waals surface area contributed by atoms with Crippen LogP contribution in [0.2, 0.25) is 0 Å². The second-order valence-corrected chi connectivity index (χ2v) is 6.12. The highest BCUT2D eigenvalue weighted by Crippen LogP contribution is 2.17. The van der Waals surface area contributed by atoms with E-state index >= 15 is 0 Å². The SMILES string of the molecule is CC(=O)N1CCN(C(=O)c2ccccc2Cc2ccccc2)CC1. The lowest BCUT2D eigenvalue weighted by molar-refractivity contribution is -0.130. The third kappa shape index (κ3) is 3.65. The van der Waals surface area contributed by atoms with Crippen LogP contribution in [0.5, 0.6) is 0 Å². The molecule has 1 saturated heterocycles. The van der Waals surface area contributed by atoms with Crippen LogP contribution in [-0.4, -0.2) is 47.8 Å². The van der Waals surface area contributed by atoms with Crippen LogP contribution < -0.4 is 0 Å². The Labute approximate surface area is 142 Å². The van der Waals surface area contributed by atoms with Crippen molar-refractivity contribution in [3.8, 4) is 0 Å². The zero-order valence-electron chi connectivity index (χ0n) is 13.9. The van der Waals surface area contributed by atoms with Gasteiger partial charge in [-0.25, -0.2) is 0 Å². The molecular weight excluding hydrogens is 300 g/mol. The van der Waals surface area contributed by atoms with E-state index in [0.29, 0.717) is 26.2 Å². The molecule has 0 aliphatic carbocycles. The molecule has 0 bridgehead atoms. The maximum Gasteiger partial charge on any atom is 0.254 e. The maximum atomic E-state index is 12.9. The molecule has 0 atom stereocenters. The zero-order chi connectivity index (χ0) is 16.9. The first-order chi connectivity index (χ1) is 11.6. The number of carbonyl (C=O) groups is 2. The first kappa shape index (κ1) is 16.2. The smallest absolute Gasteiger partial charge is 0.254 e. The minimum atomic E-state index is 0.0599. The molecule has 1 aliphatic rings. The lowest BCUT2D eigenvalue weighted by atomic mass is 9.99. The van der Waals surface area contributed by atoms with Crippen molar-refractivity contribution in [1.29, 1.82) is 0 Å². The number of benzene rings is 2. The Morgan fingerprint density at radius 2 is 1.42 bits per heavy atom. The summed E-state index contributed by atoms with van der Waals surface area (Å²) in [6, 6.07) is 18.0. The molecular formula is C20H22N2O2. The van der Waals surface area contributed by atoms with E-state index in [0.717, 1.165) is 17.5 Å². The molecule has 0 saturated carbocycles. The molecule has 0 unspecified atom stereocenters. The first-order valence-corrected chi connectivity index (χ1v) is 8.32. The number of amides is 2. The Bertz CT molecular complexity index is 719. The van der Waals surface area contributed by atoms with E-state index in [9.17, 15) is 9.59 Å². The summed E-state index contributed by atoms with van der Waals surface area (Å²) in [6.45, 7) is 3.99. The Balaban J connectivity index is 1.75. The summed E-state index contributed by atoms with van der Waals surface area (Å²) in [7, 11) is 0. The predicted octanol–water partition coefficient (Wildman–Crippen LogP) is 2.58. The van der Waals surface area contributed by atoms with E-state index in [1.807, 2.05) is 47.4 Å². The van der Waals surface area contributed by atoms with Gasteiger partial charge in [0.15, 0.2) is 0 Å². The molecule has 2 aromatic rings. The number of carbonyl (C=O) groups excluding carboxylic acids is 2. The lowest BCUT2D eigenvalue weighted by Gasteiger charge is -2.34. The fourth-order valence-electron chi connectivity index (χ4n) is 3.09. The third-order valence-electron chi connectivity index (χ3n) is 4.50. The Morgan fingerprint density at radius 3 is 2.08 bits per heavy atom. The van der Waals surface area contributed by atoms with E-state index in [1.54, 1.807) is 11.8 Å². The molecule has 3 rings (SSSR count). The quantitative estimate of drug-likeness (QED) is 0.871. The van der Waals surface area contributed by atoms with Crippen molar-refractivity contribution in [1.82, 2.24) is 9.80 Å². The summed E-state index contributed by atoms with van der Waals surface area (Å²) >= 11 is 0. The van der Waals surface area contributed by atoms with E-state index in [2.05, 4.69) is 12.1 Å². The topological polar surface area (TPSA) is 40.6 Å². The number of nitrogens with zero attached hydrogens (tertiary/aromatic N) is 2. The van der Waals surface area contributed by atoms with Crippen molar-refractivity contribution in [2.75, 3.05) is 26.2 Å². The molecule has 1 aliphatic heterocycles. The van der Waals surface area contributed by atoms with Crippen molar-refractivity contribution in [3.63, 3.8) is 0 Å². The van der Waals surface area contributed by atoms with Crippen LogP contribution in [0.1, 0.15) is 28.4 Å². The van der Waals surface area contributed by atoms with Gasteiger partial charge in [-0.1, -0.05) is 48.5 Å². The molecule has 0 spiro atoms. The fourth-order valence-corrected chi connectivity index (χ4v) is 3.09. The predicted molar refractivity (Wildman–Crippen MR) is 93.8 cm³/mol. The van der Waals surface area contributed by atoms with Gasteiger partial charge in [0.1, 0.15) is 0 Å². The van der Waals surface area contributed by atoms with Gasteiger partial charge in [0.05, 0.1) is 0 Å². The van der Waals surface area contributed by atoms with Gasteiger partial charge < -0.3 is 9.80 Å². The van der Waals surface area contributed by atoms with Crippen LogP contribution in [0.15, 0.2) is 54.6 Å². The molecule has 4 nitrogen and oxygen atoms in total. The van der Waals surface area contributed by atoms with Gasteiger partial charge in [0.2, 0.25) is 5.91 Å². The third-order valence-corrected chi connectivity index (χ3v) is 4.50. The first-order valence-electron chi connectivity index (χ1n) is 8.32. The minimum absolute atomic E-state index is 0.0599. The summed E-state index contributed by atoms with van der Waals surface area (Å²) in [5.41, 5.74) is 3.00. The van der Waals surface area contributed by atoms with Crippen molar-refractivity contribution in [3.05, 3.63) is 71.3 Å². The van der Waals surface area contributed by atoms with Gasteiger partial charge in [-0.3, -0.25) is 9.59 Å². The molecule has 0 N–H and O–H groups in total. The zero-order valence-corrected chi connectivity index (χ0v) is 13.9. The average molecular weight is 322 g/mol. The highest BCUT2D eigenvalue weighted by atomic mass is 16.2. The standard InChI is InChI=1S/C20H22N2O2/c1-16(23)21-11-13-22(14-12-21)20(24)19-10-6-5-9-18(19)15-17-7-3-2-4-8-17/h2-10H,11-15H2,1H3. The van der Waals surface area contributed by atoms with Crippen LogP contribution in [0, 0.1) is 0 Å². The molecule has 1 fully saturated rings. The van der Waals surface area contributed by atoms with Crippen molar-refractivity contribution in [2.45, 2.75) is 13.3 Å². The highest BCUT2D eigenvalue weighted by Gasteiger charge is 2.24. The van der Waals surface area contributed by atoms with E-state index in [1.165, 1.54) is 5.56 Å². The van der Waals surface area contributed by atoms with Crippen LogP contribution in [0.4, 0.5) is 0 Å². The maximum absolute atomic E-state index is 12.9. The van der Waals surface area contributed by atoms with E-state index in [4.69, 9.17) is 0 Å². The molecule has 124 valence electrons. The van der Waals surface area contributed by atoms with E-state index < -0.39 is 0 Å². The molecule has 2 amide bonds. The minimum Gasteiger partial charge on any atom is -0.339 e. The van der Waals surface area contributed by atoms with Crippen molar-refractivity contribution in [2.24, 2.45) is 0 Å². The second-order valence-electron chi connectivity index (χ2n) is 6.12. The van der Waals surface area contributed by atoms with E-state index in [-0.39, 0.29) is 11.8 Å². The van der Waals surface area contributed by atoms with Gasteiger partial charge in [-0.15, -0.1) is 0 Å². The van der Waals surface area contributed by atoms with Gasteiger partial charge in [-0.05, 0) is 23.6 Å². The molecule has 2 aromatic carbocycles. The Hall–Kier alpha value is -2.62. The number of hydrogen-bond donors (Lipinski definition) is 0. The number of rotatable bonds is 3. The number of piperazine rings is 1. The molecule has 0 radical (unpaired) electrons. The van der Waals surface area contributed by atoms with Crippen LogP contribution in [0.3, 0.4) is 0 Å². The van der Waals surface area contributed by atoms with Gasteiger partial charge in [-0.2, -0.15) is 0 Å². The normalized spacial score (nSPS) is 14.5. The van der Waals surface area contributed by atoms with Crippen LogP contribution in [-0.2, 0) is 11.2 Å². The molecule has 24 heavy (non-hydrogen) atoms. The van der Waals surface area contributed by atoms with Gasteiger partial charge >= 0.3 is 0 Å². The second kappa shape index (κ2) is 7.30. The summed E-state index contributed by atoms with van der Waals surface area (Å²) in [4.78, 5) is 28.0. The Morgan fingerprint density at radius 1 is 0.833 bits per heavy atom. The average Bonchev–Trinajstić information content (AvgIpc) is 2.62. The van der Waals surface area contributed by atoms with Crippen molar-refractivity contribution >= 4 is 11.8 Å².